The van der Waals surface area contributed by atoms with Crippen LogP contribution in [0, 0.1) is 6.92 Å². The molecule has 1 heterocycles. The largest absolute Gasteiger partial charge is 0.464 e. The first-order chi connectivity index (χ1) is 12.0. The van der Waals surface area contributed by atoms with Gasteiger partial charge in [-0.2, -0.15) is 0 Å². The Kier molecular flexibility index (Phi) is 4.76. The van der Waals surface area contributed by atoms with Gasteiger partial charge in [0.15, 0.2) is 11.5 Å². The summed E-state index contributed by atoms with van der Waals surface area (Å²) in [7, 11) is 1.24. The van der Waals surface area contributed by atoms with E-state index in [1.54, 1.807) is 6.07 Å². The Morgan fingerprint density at radius 2 is 1.84 bits per heavy atom. The van der Waals surface area contributed by atoms with E-state index in [2.05, 4.69) is 31.2 Å². The summed E-state index contributed by atoms with van der Waals surface area (Å²) in [6.07, 6.45) is 1.40. The van der Waals surface area contributed by atoms with Gasteiger partial charge in [-0.1, -0.05) is 30.3 Å². The van der Waals surface area contributed by atoms with E-state index in [-0.39, 0.29) is 17.4 Å². The maximum absolute atomic E-state index is 12.7. The van der Waals surface area contributed by atoms with Crippen LogP contribution in [0.2, 0.25) is 0 Å². The lowest BCUT2D eigenvalue weighted by atomic mass is 10.00. The molecule has 126 valence electrons. The van der Waals surface area contributed by atoms with Crippen molar-refractivity contribution >= 4 is 44.4 Å². The Hall–Kier alpha value is -2.80. The smallest absolute Gasteiger partial charge is 0.360 e. The van der Waals surface area contributed by atoms with Crippen molar-refractivity contribution in [2.75, 3.05) is 12.4 Å². The average Bonchev–Trinajstić information content (AvgIpc) is 2.63. The zero-order valence-electron chi connectivity index (χ0n) is 13.5. The molecule has 0 saturated heterocycles. The van der Waals surface area contributed by atoms with E-state index in [1.807, 2.05) is 37.3 Å². The number of nitrogens with one attached hydrogen (secondary N) is 1. The summed E-state index contributed by atoms with van der Waals surface area (Å²) in [5, 5.41) is 4.46. The molecule has 0 bridgehead atoms. The maximum atomic E-state index is 12.7. The number of fused-ring (bicyclic) bond motifs is 1. The molecule has 1 aromatic heterocycles. The molecule has 2 aromatic carbocycles. The molecule has 7 heteroatoms. The number of hydrogen-bond donors (Lipinski definition) is 1. The minimum atomic E-state index is -0.683. The third-order valence-corrected chi connectivity index (χ3v) is 4.12. The summed E-state index contributed by atoms with van der Waals surface area (Å²) in [6, 6.07) is 11.3. The van der Waals surface area contributed by atoms with Crippen LogP contribution in [0.4, 0.5) is 5.82 Å². The highest BCUT2D eigenvalue weighted by Crippen LogP contribution is 2.24. The highest BCUT2D eigenvalue weighted by Gasteiger charge is 2.19. The van der Waals surface area contributed by atoms with Gasteiger partial charge >= 0.3 is 5.97 Å². The molecule has 0 aliphatic heterocycles. The van der Waals surface area contributed by atoms with Gasteiger partial charge in [0, 0.05) is 5.56 Å². The van der Waals surface area contributed by atoms with Gasteiger partial charge in [-0.05, 0) is 45.3 Å². The number of aryl methyl sites for hydroxylation is 1. The number of rotatable bonds is 3. The van der Waals surface area contributed by atoms with E-state index in [1.165, 1.54) is 13.3 Å². The minimum absolute atomic E-state index is 0.0460. The molecule has 1 N–H and O–H groups in total. The Morgan fingerprint density at radius 3 is 2.56 bits per heavy atom. The van der Waals surface area contributed by atoms with Crippen LogP contribution in [-0.4, -0.2) is 29.0 Å². The summed E-state index contributed by atoms with van der Waals surface area (Å²) in [6.45, 7) is 1.99. The topological polar surface area (TPSA) is 81.2 Å². The molecule has 0 atom stereocenters. The molecule has 3 rings (SSSR count). The lowest BCUT2D eigenvalue weighted by Gasteiger charge is -2.11. The average molecular weight is 400 g/mol. The summed E-state index contributed by atoms with van der Waals surface area (Å²) in [5.74, 6) is -1.01. The Morgan fingerprint density at radius 1 is 1.12 bits per heavy atom. The number of anilines is 1. The van der Waals surface area contributed by atoms with E-state index < -0.39 is 5.97 Å². The molecule has 0 unspecified atom stereocenters. The fraction of sp³-hybridized carbons (Fsp3) is 0.111. The molecule has 6 nitrogen and oxygen atoms in total. The molecular weight excluding hydrogens is 386 g/mol. The lowest BCUT2D eigenvalue weighted by Crippen LogP contribution is -2.18. The van der Waals surface area contributed by atoms with E-state index in [4.69, 9.17) is 4.74 Å². The monoisotopic (exact) mass is 399 g/mol. The standard InChI is InChI=1S/C18H14BrN3O3/c1-10-7-8-13(12-6-4-3-5-11(10)12)17(23)22-16-15(18(24)25-2)21-14(19)9-20-16/h3-9H,1-2H3,(H,20,22,23). The van der Waals surface area contributed by atoms with Crippen molar-refractivity contribution in [1.29, 1.82) is 0 Å². The zero-order valence-corrected chi connectivity index (χ0v) is 15.1. The Bertz CT molecular complexity index is 988. The molecule has 0 aliphatic carbocycles. The maximum Gasteiger partial charge on any atom is 0.360 e. The molecule has 0 fully saturated rings. The minimum Gasteiger partial charge on any atom is -0.464 e. The summed E-state index contributed by atoms with van der Waals surface area (Å²) in [5.41, 5.74) is 1.49. The quantitative estimate of drug-likeness (QED) is 0.678. The summed E-state index contributed by atoms with van der Waals surface area (Å²) >= 11 is 3.15. The van der Waals surface area contributed by atoms with E-state index in [0.717, 1.165) is 16.3 Å². The third kappa shape index (κ3) is 3.36. The van der Waals surface area contributed by atoms with Gasteiger partial charge in [0.25, 0.3) is 5.91 Å². The first-order valence-corrected chi connectivity index (χ1v) is 8.21. The van der Waals surface area contributed by atoms with Gasteiger partial charge in [0.1, 0.15) is 4.60 Å². The van der Waals surface area contributed by atoms with Crippen molar-refractivity contribution < 1.29 is 14.3 Å². The lowest BCUT2D eigenvalue weighted by molar-refractivity contribution is 0.0594. The number of aromatic nitrogens is 2. The van der Waals surface area contributed by atoms with Crippen LogP contribution in [-0.2, 0) is 4.74 Å². The van der Waals surface area contributed by atoms with E-state index in [9.17, 15) is 9.59 Å². The van der Waals surface area contributed by atoms with Gasteiger partial charge in [0.2, 0.25) is 0 Å². The van der Waals surface area contributed by atoms with Crippen LogP contribution in [0.15, 0.2) is 47.2 Å². The summed E-state index contributed by atoms with van der Waals surface area (Å²) in [4.78, 5) is 32.7. The van der Waals surface area contributed by atoms with Gasteiger partial charge in [-0.25, -0.2) is 14.8 Å². The molecule has 0 spiro atoms. The number of carbonyl (C=O) groups excluding carboxylic acids is 2. The SMILES string of the molecule is COC(=O)c1nc(Br)cnc1NC(=O)c1ccc(C)c2ccccc12. The van der Waals surface area contributed by atoms with Crippen molar-refractivity contribution in [2.45, 2.75) is 6.92 Å². The third-order valence-electron chi connectivity index (χ3n) is 3.74. The van der Waals surface area contributed by atoms with Crippen LogP contribution >= 0.6 is 15.9 Å². The summed E-state index contributed by atoms with van der Waals surface area (Å²) < 4.78 is 5.06. The number of hydrogen-bond acceptors (Lipinski definition) is 5. The number of benzene rings is 2. The van der Waals surface area contributed by atoms with Gasteiger partial charge in [-0.3, -0.25) is 4.79 Å². The number of methoxy groups -OCH3 is 1. The molecular formula is C18H14BrN3O3. The first-order valence-electron chi connectivity index (χ1n) is 7.42. The normalized spacial score (nSPS) is 10.5. The van der Waals surface area contributed by atoms with Gasteiger partial charge in [-0.15, -0.1) is 0 Å². The predicted octanol–water partition coefficient (Wildman–Crippen LogP) is 3.74. The Labute approximate surface area is 152 Å². The van der Waals surface area contributed by atoms with Crippen LogP contribution in [0.25, 0.3) is 10.8 Å². The second kappa shape index (κ2) is 6.98. The van der Waals surface area contributed by atoms with Crippen LogP contribution in [0.1, 0.15) is 26.4 Å². The second-order valence-electron chi connectivity index (χ2n) is 5.31. The van der Waals surface area contributed by atoms with Crippen LogP contribution < -0.4 is 5.32 Å². The molecule has 0 aliphatic rings. The highest BCUT2D eigenvalue weighted by atomic mass is 79.9. The first kappa shape index (κ1) is 17.0. The Balaban J connectivity index is 2.02. The molecule has 0 radical (unpaired) electrons. The molecule has 3 aromatic rings. The van der Waals surface area contributed by atoms with Gasteiger partial charge in [0.05, 0.1) is 13.3 Å². The van der Waals surface area contributed by atoms with Crippen molar-refractivity contribution in [1.82, 2.24) is 9.97 Å². The van der Waals surface area contributed by atoms with Crippen molar-refractivity contribution in [3.8, 4) is 0 Å². The number of halogens is 1. The van der Waals surface area contributed by atoms with Crippen molar-refractivity contribution in [3.05, 3.63) is 64.0 Å². The fourth-order valence-electron chi connectivity index (χ4n) is 2.52. The van der Waals surface area contributed by atoms with E-state index in [0.29, 0.717) is 10.2 Å². The van der Waals surface area contributed by atoms with E-state index >= 15 is 0 Å². The number of carbonyl (C=O) groups is 2. The zero-order chi connectivity index (χ0) is 18.0. The van der Waals surface area contributed by atoms with Crippen LogP contribution in [0.5, 0.6) is 0 Å². The van der Waals surface area contributed by atoms with Crippen molar-refractivity contribution in [3.63, 3.8) is 0 Å². The molecule has 1 amide bonds. The number of ether oxygens (including phenoxy) is 1. The number of nitrogens with zero attached hydrogens (tertiary/aromatic N) is 2. The van der Waals surface area contributed by atoms with Gasteiger partial charge < -0.3 is 10.1 Å². The molecule has 25 heavy (non-hydrogen) atoms. The molecule has 0 saturated carbocycles. The number of amides is 1. The second-order valence-corrected chi connectivity index (χ2v) is 6.12. The predicted molar refractivity (Wildman–Crippen MR) is 97.7 cm³/mol. The fourth-order valence-corrected chi connectivity index (χ4v) is 2.80. The van der Waals surface area contributed by atoms with Crippen molar-refractivity contribution in [2.24, 2.45) is 0 Å². The van der Waals surface area contributed by atoms with Crippen LogP contribution in [0.3, 0.4) is 0 Å². The number of esters is 1. The highest BCUT2D eigenvalue weighted by molar-refractivity contribution is 9.10.